The van der Waals surface area contributed by atoms with Crippen LogP contribution in [-0.2, 0) is 29.0 Å². The molecule has 0 aliphatic heterocycles. The fourth-order valence-electron chi connectivity index (χ4n) is 4.32. The van der Waals surface area contributed by atoms with Crippen LogP contribution in [0.4, 0.5) is 0 Å². The van der Waals surface area contributed by atoms with Crippen molar-refractivity contribution in [2.45, 2.75) is 44.9 Å². The first-order valence-electron chi connectivity index (χ1n) is 12.3. The summed E-state index contributed by atoms with van der Waals surface area (Å²) in [5, 5.41) is 14.7. The topological polar surface area (TPSA) is 77.0 Å². The van der Waals surface area contributed by atoms with Crippen molar-refractivity contribution in [3.8, 4) is 11.5 Å². The van der Waals surface area contributed by atoms with Gasteiger partial charge in [-0.25, -0.2) is 4.79 Å². The summed E-state index contributed by atoms with van der Waals surface area (Å²) in [6.07, 6.45) is 2.06. The lowest BCUT2D eigenvalue weighted by molar-refractivity contribution is -0.145. The lowest BCUT2D eigenvalue weighted by Gasteiger charge is -2.27. The van der Waals surface area contributed by atoms with Gasteiger partial charge in [0, 0.05) is 12.6 Å². The van der Waals surface area contributed by atoms with E-state index in [0.717, 1.165) is 30.4 Å². The van der Waals surface area contributed by atoms with Gasteiger partial charge in [-0.2, -0.15) is 0 Å². The zero-order valence-electron chi connectivity index (χ0n) is 20.8. The van der Waals surface area contributed by atoms with E-state index in [4.69, 9.17) is 25.8 Å². The highest BCUT2D eigenvalue weighted by molar-refractivity contribution is 6.32. The maximum atomic E-state index is 11.6. The summed E-state index contributed by atoms with van der Waals surface area (Å²) >= 11 is 6.43. The number of nitrogens with one attached hydrogen (secondary N) is 1. The number of fused-ring (bicyclic) bond motifs is 1. The SMILES string of the molecule is CCOC(=O)COc1ccc2c(c1)C[C@H](NCC(O)c1ccc(OCc3ccccc3)c(Cl)c1)CC2.Cl. The van der Waals surface area contributed by atoms with Gasteiger partial charge in [-0.1, -0.05) is 54.1 Å². The summed E-state index contributed by atoms with van der Waals surface area (Å²) in [5.74, 6) is 0.876. The molecule has 3 aromatic rings. The lowest BCUT2D eigenvalue weighted by atomic mass is 9.88. The third-order valence-electron chi connectivity index (χ3n) is 6.25. The molecule has 0 spiro atoms. The highest BCUT2D eigenvalue weighted by Crippen LogP contribution is 2.29. The van der Waals surface area contributed by atoms with Crippen LogP contribution >= 0.6 is 24.0 Å². The normalized spacial score (nSPS) is 15.2. The average Bonchev–Trinajstić information content (AvgIpc) is 2.90. The fraction of sp³-hybridized carbons (Fsp3) is 0.345. The zero-order valence-corrected chi connectivity index (χ0v) is 22.4. The van der Waals surface area contributed by atoms with Gasteiger partial charge in [0.05, 0.1) is 17.7 Å². The van der Waals surface area contributed by atoms with Crippen LogP contribution in [0.3, 0.4) is 0 Å². The number of hydrogen-bond acceptors (Lipinski definition) is 6. The van der Waals surface area contributed by atoms with Crippen molar-refractivity contribution in [2.75, 3.05) is 19.8 Å². The first-order chi connectivity index (χ1) is 17.5. The molecule has 1 unspecified atom stereocenters. The standard InChI is InChI=1S/C29H32ClNO5.ClH/c1-2-34-29(33)19-35-25-12-9-21-8-11-24(14-23(21)15-25)31-17-27(32)22-10-13-28(26(30)16-22)36-18-20-6-4-3-5-7-20;/h3-7,9-10,12-13,15-16,24,27,31-32H,2,8,11,14,17-19H2,1H3;1H/t24-,27?;/m1./s1. The van der Waals surface area contributed by atoms with E-state index in [1.165, 1.54) is 11.1 Å². The van der Waals surface area contributed by atoms with E-state index in [1.54, 1.807) is 19.1 Å². The highest BCUT2D eigenvalue weighted by atomic mass is 35.5. The molecule has 0 saturated carbocycles. The molecule has 0 aromatic heterocycles. The number of benzene rings is 3. The predicted octanol–water partition coefficient (Wildman–Crippen LogP) is 5.46. The summed E-state index contributed by atoms with van der Waals surface area (Å²) in [6.45, 7) is 2.86. The predicted molar refractivity (Wildman–Crippen MR) is 147 cm³/mol. The van der Waals surface area contributed by atoms with E-state index in [0.29, 0.717) is 36.3 Å². The third kappa shape index (κ3) is 8.37. The number of rotatable bonds is 11. The minimum absolute atomic E-state index is 0. The Hall–Kier alpha value is -2.77. The van der Waals surface area contributed by atoms with Gasteiger partial charge < -0.3 is 24.6 Å². The van der Waals surface area contributed by atoms with Crippen molar-refractivity contribution >= 4 is 30.0 Å². The van der Waals surface area contributed by atoms with Crippen molar-refractivity contribution in [3.63, 3.8) is 0 Å². The van der Waals surface area contributed by atoms with E-state index < -0.39 is 6.10 Å². The average molecular weight is 546 g/mol. The minimum Gasteiger partial charge on any atom is -0.487 e. The molecule has 0 radical (unpaired) electrons. The van der Waals surface area contributed by atoms with Crippen LogP contribution in [0.25, 0.3) is 0 Å². The minimum atomic E-state index is -0.689. The van der Waals surface area contributed by atoms with Gasteiger partial charge in [0.15, 0.2) is 6.61 Å². The monoisotopic (exact) mass is 545 g/mol. The van der Waals surface area contributed by atoms with Crippen LogP contribution in [0.5, 0.6) is 11.5 Å². The maximum absolute atomic E-state index is 11.6. The number of aryl methyl sites for hydroxylation is 1. The molecule has 37 heavy (non-hydrogen) atoms. The van der Waals surface area contributed by atoms with E-state index in [2.05, 4.69) is 11.4 Å². The van der Waals surface area contributed by atoms with Gasteiger partial charge in [0.25, 0.3) is 0 Å². The molecule has 2 N–H and O–H groups in total. The Morgan fingerprint density at radius 3 is 2.65 bits per heavy atom. The molecule has 0 fully saturated rings. The number of carbonyl (C=O) groups is 1. The number of aliphatic hydroxyl groups is 1. The van der Waals surface area contributed by atoms with Gasteiger partial charge in [0.2, 0.25) is 0 Å². The molecule has 0 saturated heterocycles. The first kappa shape index (κ1) is 28.8. The Labute approximate surface area is 229 Å². The molecule has 0 heterocycles. The zero-order chi connectivity index (χ0) is 25.3. The molecule has 0 bridgehead atoms. The Kier molecular flexibility index (Phi) is 11.1. The van der Waals surface area contributed by atoms with Gasteiger partial charge in [0.1, 0.15) is 18.1 Å². The molecule has 8 heteroatoms. The Morgan fingerprint density at radius 1 is 1.08 bits per heavy atom. The Balaban J connectivity index is 0.00000380. The van der Waals surface area contributed by atoms with Gasteiger partial charge in [-0.3, -0.25) is 0 Å². The number of aliphatic hydroxyl groups excluding tert-OH is 1. The molecule has 1 aliphatic carbocycles. The molecule has 1 aliphatic rings. The first-order valence-corrected chi connectivity index (χ1v) is 12.7. The van der Waals surface area contributed by atoms with Gasteiger partial charge >= 0.3 is 5.97 Å². The van der Waals surface area contributed by atoms with E-state index in [-0.39, 0.29) is 31.0 Å². The van der Waals surface area contributed by atoms with Crippen LogP contribution in [0.15, 0.2) is 66.7 Å². The maximum Gasteiger partial charge on any atom is 0.344 e. The third-order valence-corrected chi connectivity index (χ3v) is 6.54. The second kappa shape index (κ2) is 14.2. The van der Waals surface area contributed by atoms with Crippen molar-refractivity contribution in [1.82, 2.24) is 5.32 Å². The van der Waals surface area contributed by atoms with E-state index in [1.807, 2.05) is 48.5 Å². The second-order valence-corrected chi connectivity index (χ2v) is 9.26. The Bertz CT molecular complexity index is 1160. The largest absolute Gasteiger partial charge is 0.487 e. The van der Waals surface area contributed by atoms with E-state index >= 15 is 0 Å². The lowest BCUT2D eigenvalue weighted by Crippen LogP contribution is -2.37. The van der Waals surface area contributed by atoms with Crippen molar-refractivity contribution in [2.24, 2.45) is 0 Å². The van der Waals surface area contributed by atoms with Crippen molar-refractivity contribution < 1.29 is 24.1 Å². The number of carbonyl (C=O) groups excluding carboxylic acids is 1. The van der Waals surface area contributed by atoms with Crippen LogP contribution in [0.2, 0.25) is 5.02 Å². The molecule has 4 rings (SSSR count). The van der Waals surface area contributed by atoms with Crippen molar-refractivity contribution in [1.29, 1.82) is 0 Å². The van der Waals surface area contributed by atoms with Crippen molar-refractivity contribution in [3.05, 3.63) is 94.0 Å². The molecular weight excluding hydrogens is 513 g/mol. The molecule has 198 valence electrons. The quantitative estimate of drug-likeness (QED) is 0.311. The summed E-state index contributed by atoms with van der Waals surface area (Å²) in [5.41, 5.74) is 4.28. The Morgan fingerprint density at radius 2 is 1.89 bits per heavy atom. The van der Waals surface area contributed by atoms with Crippen LogP contribution < -0.4 is 14.8 Å². The summed E-state index contributed by atoms with van der Waals surface area (Å²) in [7, 11) is 0. The van der Waals surface area contributed by atoms with E-state index in [9.17, 15) is 9.90 Å². The number of esters is 1. The highest BCUT2D eigenvalue weighted by Gasteiger charge is 2.21. The molecular formula is C29H33Cl2NO5. The second-order valence-electron chi connectivity index (χ2n) is 8.85. The molecule has 6 nitrogen and oxygen atoms in total. The number of halogens is 2. The fourth-order valence-corrected chi connectivity index (χ4v) is 4.56. The molecule has 0 amide bonds. The summed E-state index contributed by atoms with van der Waals surface area (Å²) < 4.78 is 16.3. The number of ether oxygens (including phenoxy) is 3. The van der Waals surface area contributed by atoms with Gasteiger partial charge in [-0.05, 0) is 72.7 Å². The summed E-state index contributed by atoms with van der Waals surface area (Å²) in [4.78, 5) is 11.6. The molecule has 2 atom stereocenters. The van der Waals surface area contributed by atoms with Crippen LogP contribution in [0, 0.1) is 0 Å². The number of hydrogen-bond donors (Lipinski definition) is 2. The smallest absolute Gasteiger partial charge is 0.344 e. The van der Waals surface area contributed by atoms with Gasteiger partial charge in [-0.15, -0.1) is 12.4 Å². The van der Waals surface area contributed by atoms with Crippen LogP contribution in [0.1, 0.15) is 41.7 Å². The van der Waals surface area contributed by atoms with Crippen LogP contribution in [-0.4, -0.2) is 36.9 Å². The summed E-state index contributed by atoms with van der Waals surface area (Å²) in [6, 6.07) is 21.5. The molecule has 3 aromatic carbocycles.